The molecule has 0 aromatic rings. The van der Waals surface area contributed by atoms with Crippen molar-refractivity contribution in [3.8, 4) is 0 Å². The summed E-state index contributed by atoms with van der Waals surface area (Å²) in [5.41, 5.74) is 0.334. The zero-order valence-electron chi connectivity index (χ0n) is 12.3. The fraction of sp³-hybridized carbons (Fsp3) is 1.00. The normalized spacial score (nSPS) is 23.3. The lowest BCUT2D eigenvalue weighted by molar-refractivity contribution is -0.0158. The van der Waals surface area contributed by atoms with E-state index in [1.807, 2.05) is 0 Å². The van der Waals surface area contributed by atoms with Crippen molar-refractivity contribution in [3.05, 3.63) is 0 Å². The lowest BCUT2D eigenvalue weighted by Crippen LogP contribution is -2.49. The highest BCUT2D eigenvalue weighted by atomic mass is 16.5. The molecule has 1 atom stereocenters. The van der Waals surface area contributed by atoms with Gasteiger partial charge in [-0.25, -0.2) is 0 Å². The molecule has 0 spiro atoms. The first-order valence-electron chi connectivity index (χ1n) is 6.93. The first-order chi connectivity index (χ1) is 7.91. The van der Waals surface area contributed by atoms with Crippen LogP contribution in [0.5, 0.6) is 0 Å². The van der Waals surface area contributed by atoms with Crippen LogP contribution in [0.25, 0.3) is 0 Å². The Hall–Kier alpha value is -0.120. The molecule has 1 fully saturated rings. The van der Waals surface area contributed by atoms with E-state index in [0.29, 0.717) is 11.5 Å². The molecule has 17 heavy (non-hydrogen) atoms. The minimum atomic E-state index is 0.334. The van der Waals surface area contributed by atoms with Crippen LogP contribution in [-0.2, 0) is 4.74 Å². The predicted octanol–water partition coefficient (Wildman–Crippen LogP) is 1.98. The second-order valence-electron chi connectivity index (χ2n) is 6.58. The Morgan fingerprint density at radius 1 is 1.41 bits per heavy atom. The number of ether oxygens (including phenoxy) is 1. The molecular formula is C14H30N2O. The van der Waals surface area contributed by atoms with Crippen molar-refractivity contribution in [3.63, 3.8) is 0 Å². The van der Waals surface area contributed by atoms with Crippen molar-refractivity contribution < 1.29 is 4.74 Å². The van der Waals surface area contributed by atoms with E-state index < -0.39 is 0 Å². The third-order valence-corrected chi connectivity index (χ3v) is 3.29. The molecule has 0 aliphatic carbocycles. The number of nitrogens with one attached hydrogen (secondary N) is 1. The topological polar surface area (TPSA) is 24.5 Å². The zero-order chi connectivity index (χ0) is 12.9. The zero-order valence-corrected chi connectivity index (χ0v) is 12.3. The Labute approximate surface area is 107 Å². The average molecular weight is 242 g/mol. The predicted molar refractivity (Wildman–Crippen MR) is 73.3 cm³/mol. The number of morpholine rings is 1. The summed E-state index contributed by atoms with van der Waals surface area (Å²) in [5, 5.41) is 3.57. The van der Waals surface area contributed by atoms with Gasteiger partial charge in [0, 0.05) is 25.7 Å². The Morgan fingerprint density at radius 2 is 2.12 bits per heavy atom. The third-order valence-electron chi connectivity index (χ3n) is 3.29. The molecule has 0 amide bonds. The van der Waals surface area contributed by atoms with Crippen molar-refractivity contribution >= 4 is 0 Å². The summed E-state index contributed by atoms with van der Waals surface area (Å²) in [4.78, 5) is 2.56. The molecule has 1 N–H and O–H groups in total. The summed E-state index contributed by atoms with van der Waals surface area (Å²) in [6.07, 6.45) is 0. The van der Waals surface area contributed by atoms with Crippen molar-refractivity contribution in [2.45, 2.75) is 40.7 Å². The van der Waals surface area contributed by atoms with E-state index in [-0.39, 0.29) is 0 Å². The van der Waals surface area contributed by atoms with Crippen LogP contribution in [0, 0.1) is 11.3 Å². The molecule has 1 aliphatic rings. The van der Waals surface area contributed by atoms with Gasteiger partial charge in [-0.3, -0.25) is 4.90 Å². The summed E-state index contributed by atoms with van der Waals surface area (Å²) in [5.74, 6) is 0.730. The molecule has 1 aliphatic heterocycles. The highest BCUT2D eigenvalue weighted by molar-refractivity contribution is 4.80. The smallest absolute Gasteiger partial charge is 0.0619 e. The second-order valence-corrected chi connectivity index (χ2v) is 6.58. The van der Waals surface area contributed by atoms with Crippen LogP contribution in [0.4, 0.5) is 0 Å². The summed E-state index contributed by atoms with van der Waals surface area (Å²) in [7, 11) is 0. The van der Waals surface area contributed by atoms with Crippen LogP contribution in [0.2, 0.25) is 0 Å². The van der Waals surface area contributed by atoms with Gasteiger partial charge in [0.15, 0.2) is 0 Å². The molecular weight excluding hydrogens is 212 g/mol. The SMILES string of the molecule is CC(C)CNCC(C)(C)CN1CCOCC1C. The molecule has 102 valence electrons. The van der Waals surface area contributed by atoms with Gasteiger partial charge in [0.25, 0.3) is 0 Å². The van der Waals surface area contributed by atoms with Gasteiger partial charge >= 0.3 is 0 Å². The standard InChI is InChI=1S/C14H30N2O/c1-12(2)8-15-10-14(4,5)11-16-6-7-17-9-13(16)3/h12-13,15H,6-11H2,1-5H3. The van der Waals surface area contributed by atoms with E-state index in [4.69, 9.17) is 4.74 Å². The van der Waals surface area contributed by atoms with E-state index >= 15 is 0 Å². The summed E-state index contributed by atoms with van der Waals surface area (Å²) >= 11 is 0. The minimum absolute atomic E-state index is 0.334. The first-order valence-corrected chi connectivity index (χ1v) is 6.93. The highest BCUT2D eigenvalue weighted by Gasteiger charge is 2.26. The average Bonchev–Trinajstić information content (AvgIpc) is 2.20. The van der Waals surface area contributed by atoms with Gasteiger partial charge < -0.3 is 10.1 Å². The molecule has 1 heterocycles. The number of hydrogen-bond acceptors (Lipinski definition) is 3. The maximum Gasteiger partial charge on any atom is 0.0619 e. The molecule has 1 saturated heterocycles. The minimum Gasteiger partial charge on any atom is -0.379 e. The van der Waals surface area contributed by atoms with Crippen molar-refractivity contribution in [2.24, 2.45) is 11.3 Å². The van der Waals surface area contributed by atoms with Gasteiger partial charge in [-0.1, -0.05) is 27.7 Å². The van der Waals surface area contributed by atoms with Gasteiger partial charge in [0.1, 0.15) is 0 Å². The Morgan fingerprint density at radius 3 is 2.71 bits per heavy atom. The fourth-order valence-corrected chi connectivity index (χ4v) is 2.30. The van der Waals surface area contributed by atoms with Crippen LogP contribution < -0.4 is 5.32 Å². The monoisotopic (exact) mass is 242 g/mol. The van der Waals surface area contributed by atoms with Crippen molar-refractivity contribution in [1.82, 2.24) is 10.2 Å². The molecule has 1 rings (SSSR count). The van der Waals surface area contributed by atoms with Gasteiger partial charge in [-0.15, -0.1) is 0 Å². The van der Waals surface area contributed by atoms with Crippen LogP contribution in [-0.4, -0.2) is 50.3 Å². The Kier molecular flexibility index (Phi) is 5.90. The van der Waals surface area contributed by atoms with E-state index in [2.05, 4.69) is 44.8 Å². The van der Waals surface area contributed by atoms with E-state index in [1.165, 1.54) is 0 Å². The third kappa shape index (κ3) is 5.84. The van der Waals surface area contributed by atoms with Crippen LogP contribution >= 0.6 is 0 Å². The highest BCUT2D eigenvalue weighted by Crippen LogP contribution is 2.19. The number of nitrogens with zero attached hydrogens (tertiary/aromatic N) is 1. The summed E-state index contributed by atoms with van der Waals surface area (Å²) in [6.45, 7) is 17.7. The van der Waals surface area contributed by atoms with Crippen LogP contribution in [0.1, 0.15) is 34.6 Å². The Bertz CT molecular complexity index is 216. The molecule has 0 aromatic carbocycles. The van der Waals surface area contributed by atoms with Gasteiger partial charge in [0.05, 0.1) is 13.2 Å². The van der Waals surface area contributed by atoms with E-state index in [1.54, 1.807) is 0 Å². The van der Waals surface area contributed by atoms with Gasteiger partial charge in [-0.2, -0.15) is 0 Å². The lowest BCUT2D eigenvalue weighted by Gasteiger charge is -2.39. The number of rotatable bonds is 6. The molecule has 0 bridgehead atoms. The van der Waals surface area contributed by atoms with E-state index in [0.717, 1.165) is 45.3 Å². The maximum atomic E-state index is 5.48. The quantitative estimate of drug-likeness (QED) is 0.771. The molecule has 3 nitrogen and oxygen atoms in total. The largest absolute Gasteiger partial charge is 0.379 e. The molecule has 0 radical (unpaired) electrons. The molecule has 3 heteroatoms. The fourth-order valence-electron chi connectivity index (χ4n) is 2.30. The van der Waals surface area contributed by atoms with Crippen molar-refractivity contribution in [1.29, 1.82) is 0 Å². The first kappa shape index (κ1) is 14.9. The second kappa shape index (κ2) is 6.72. The molecule has 0 aromatic heterocycles. The molecule has 0 saturated carbocycles. The van der Waals surface area contributed by atoms with Gasteiger partial charge in [0.2, 0.25) is 0 Å². The summed E-state index contributed by atoms with van der Waals surface area (Å²) < 4.78 is 5.48. The Balaban J connectivity index is 2.31. The van der Waals surface area contributed by atoms with Gasteiger partial charge in [-0.05, 0) is 24.8 Å². The van der Waals surface area contributed by atoms with E-state index in [9.17, 15) is 0 Å². The van der Waals surface area contributed by atoms with Crippen molar-refractivity contribution in [2.75, 3.05) is 39.4 Å². The lowest BCUT2D eigenvalue weighted by atomic mass is 9.91. The number of hydrogen-bond donors (Lipinski definition) is 1. The summed E-state index contributed by atoms with van der Waals surface area (Å²) in [6, 6.07) is 0.563. The van der Waals surface area contributed by atoms with Crippen LogP contribution in [0.3, 0.4) is 0 Å². The molecule has 1 unspecified atom stereocenters. The maximum absolute atomic E-state index is 5.48. The van der Waals surface area contributed by atoms with Crippen LogP contribution in [0.15, 0.2) is 0 Å².